The molecule has 1 aliphatic carbocycles. The fourth-order valence-corrected chi connectivity index (χ4v) is 3.34. The molecule has 0 bridgehead atoms. The second kappa shape index (κ2) is 3.68. The number of rotatable bonds is 1. The first-order chi connectivity index (χ1) is 7.90. The van der Waals surface area contributed by atoms with Crippen molar-refractivity contribution in [2.24, 2.45) is 0 Å². The molecule has 5 nitrogen and oxygen atoms in total. The molecule has 2 aromatic rings. The van der Waals surface area contributed by atoms with Crippen LogP contribution in [0.5, 0.6) is 0 Å². The van der Waals surface area contributed by atoms with Crippen molar-refractivity contribution in [2.75, 3.05) is 0 Å². The molecule has 1 aliphatic rings. The van der Waals surface area contributed by atoms with Crippen LogP contribution in [0.4, 0.5) is 0 Å². The van der Waals surface area contributed by atoms with Gasteiger partial charge >= 0.3 is 0 Å². The Kier molecular flexibility index (Phi) is 2.18. The minimum absolute atomic E-state index is 0.756. The van der Waals surface area contributed by atoms with Gasteiger partial charge in [0, 0.05) is 4.88 Å². The monoisotopic (exact) mass is 231 g/mol. The molecule has 80 valence electrons. The summed E-state index contributed by atoms with van der Waals surface area (Å²) < 4.78 is 1.58. The van der Waals surface area contributed by atoms with E-state index in [4.69, 9.17) is 0 Å². The molecule has 0 aromatic carbocycles. The summed E-state index contributed by atoms with van der Waals surface area (Å²) in [4.78, 5) is 1.33. The number of fused-ring (bicyclic) bond motifs is 1. The Bertz CT molecular complexity index is 549. The second-order valence-corrected chi connectivity index (χ2v) is 4.84. The number of tetrazole rings is 1. The normalized spacial score (nSPS) is 14.4. The van der Waals surface area contributed by atoms with Crippen LogP contribution in [0, 0.1) is 11.3 Å². The summed E-state index contributed by atoms with van der Waals surface area (Å²) in [5.74, 6) is 0. The average Bonchev–Trinajstić information content (AvgIpc) is 2.95. The first kappa shape index (κ1) is 9.48. The molecule has 0 atom stereocenters. The number of hydrogen-bond donors (Lipinski definition) is 0. The van der Waals surface area contributed by atoms with Gasteiger partial charge in [0.05, 0.1) is 5.56 Å². The van der Waals surface area contributed by atoms with Crippen molar-refractivity contribution in [3.05, 3.63) is 22.3 Å². The number of thiophene rings is 1. The van der Waals surface area contributed by atoms with Gasteiger partial charge in [0.15, 0.2) is 0 Å². The van der Waals surface area contributed by atoms with E-state index in [9.17, 15) is 5.26 Å². The topological polar surface area (TPSA) is 67.4 Å². The van der Waals surface area contributed by atoms with Gasteiger partial charge in [-0.1, -0.05) is 0 Å². The zero-order valence-electron chi connectivity index (χ0n) is 8.55. The van der Waals surface area contributed by atoms with Crippen LogP contribution in [-0.2, 0) is 12.8 Å². The average molecular weight is 231 g/mol. The van der Waals surface area contributed by atoms with Crippen molar-refractivity contribution in [3.8, 4) is 11.1 Å². The van der Waals surface area contributed by atoms with E-state index in [-0.39, 0.29) is 0 Å². The third-order valence-corrected chi connectivity index (χ3v) is 4.10. The van der Waals surface area contributed by atoms with Gasteiger partial charge in [-0.15, -0.1) is 16.4 Å². The summed E-state index contributed by atoms with van der Waals surface area (Å²) in [6.07, 6.45) is 6.02. The zero-order valence-corrected chi connectivity index (χ0v) is 9.37. The number of aromatic nitrogens is 4. The minimum atomic E-state index is 0.756. The largest absolute Gasteiger partial charge is 0.192 e. The fourth-order valence-electron chi connectivity index (χ4n) is 2.08. The molecule has 0 N–H and O–H groups in total. The predicted molar refractivity (Wildman–Crippen MR) is 58.4 cm³/mol. The van der Waals surface area contributed by atoms with E-state index in [2.05, 4.69) is 21.6 Å². The molecule has 0 amide bonds. The van der Waals surface area contributed by atoms with E-state index in [0.29, 0.717) is 0 Å². The lowest BCUT2D eigenvalue weighted by molar-refractivity contribution is 0.695. The Morgan fingerprint density at radius 3 is 3.00 bits per heavy atom. The van der Waals surface area contributed by atoms with Crippen molar-refractivity contribution >= 4 is 11.3 Å². The lowest BCUT2D eigenvalue weighted by Gasteiger charge is -2.09. The Balaban J connectivity index is 2.19. The van der Waals surface area contributed by atoms with E-state index in [1.165, 1.54) is 29.6 Å². The van der Waals surface area contributed by atoms with Crippen molar-refractivity contribution in [3.63, 3.8) is 0 Å². The molecular formula is C10H9N5S. The van der Waals surface area contributed by atoms with Crippen LogP contribution in [0.25, 0.3) is 5.00 Å². The van der Waals surface area contributed by atoms with Gasteiger partial charge in [-0.3, -0.25) is 0 Å². The van der Waals surface area contributed by atoms with Gasteiger partial charge in [-0.2, -0.15) is 9.94 Å². The van der Waals surface area contributed by atoms with Crippen molar-refractivity contribution in [2.45, 2.75) is 25.7 Å². The summed E-state index contributed by atoms with van der Waals surface area (Å²) >= 11 is 1.64. The molecule has 0 saturated heterocycles. The van der Waals surface area contributed by atoms with Crippen molar-refractivity contribution < 1.29 is 0 Å². The molecule has 0 radical (unpaired) electrons. The van der Waals surface area contributed by atoms with E-state index in [1.54, 1.807) is 16.0 Å². The molecule has 2 heterocycles. The van der Waals surface area contributed by atoms with E-state index < -0.39 is 0 Å². The number of hydrogen-bond acceptors (Lipinski definition) is 5. The molecule has 16 heavy (non-hydrogen) atoms. The highest BCUT2D eigenvalue weighted by molar-refractivity contribution is 7.15. The maximum atomic E-state index is 9.24. The molecule has 0 aliphatic heterocycles. The highest BCUT2D eigenvalue weighted by atomic mass is 32.1. The molecule has 6 heteroatoms. The lowest BCUT2D eigenvalue weighted by Crippen LogP contribution is -2.00. The molecule has 0 spiro atoms. The van der Waals surface area contributed by atoms with Gasteiger partial charge in [-0.25, -0.2) is 0 Å². The Labute approximate surface area is 96.3 Å². The third kappa shape index (κ3) is 1.32. The van der Waals surface area contributed by atoms with Crippen LogP contribution in [0.2, 0.25) is 0 Å². The second-order valence-electron chi connectivity index (χ2n) is 3.76. The highest BCUT2D eigenvalue weighted by Gasteiger charge is 2.21. The van der Waals surface area contributed by atoms with E-state index in [1.807, 2.05) is 0 Å². The lowest BCUT2D eigenvalue weighted by atomic mass is 9.96. The summed E-state index contributed by atoms with van der Waals surface area (Å²) in [6.45, 7) is 0. The van der Waals surface area contributed by atoms with Crippen LogP contribution in [-0.4, -0.2) is 20.2 Å². The summed E-state index contributed by atoms with van der Waals surface area (Å²) in [5.41, 5.74) is 1.97. The molecule has 0 fully saturated rings. The van der Waals surface area contributed by atoms with Crippen molar-refractivity contribution in [1.82, 2.24) is 20.2 Å². The standard InChI is InChI=1S/C10H9N5S/c11-5-8-7-3-1-2-4-9(7)16-10(8)15-6-12-13-14-15/h6H,1-4H2. The number of nitrogens with zero attached hydrogens (tertiary/aromatic N) is 5. The zero-order chi connectivity index (χ0) is 11.0. The molecule has 0 saturated carbocycles. The molecule has 0 unspecified atom stereocenters. The number of nitriles is 1. The van der Waals surface area contributed by atoms with Crippen LogP contribution in [0.3, 0.4) is 0 Å². The van der Waals surface area contributed by atoms with Gasteiger partial charge < -0.3 is 0 Å². The third-order valence-electron chi connectivity index (χ3n) is 2.82. The Morgan fingerprint density at radius 1 is 1.38 bits per heavy atom. The SMILES string of the molecule is N#Cc1c(-n2cnnn2)sc2c1CCCC2. The maximum absolute atomic E-state index is 9.24. The fraction of sp³-hybridized carbons (Fsp3) is 0.400. The predicted octanol–water partition coefficient (Wildman–Crippen LogP) is 1.47. The van der Waals surface area contributed by atoms with Gasteiger partial charge in [-0.05, 0) is 41.7 Å². The van der Waals surface area contributed by atoms with Crippen LogP contribution >= 0.6 is 11.3 Å². The first-order valence-corrected chi connectivity index (χ1v) is 6.00. The van der Waals surface area contributed by atoms with Crippen LogP contribution in [0.15, 0.2) is 6.33 Å². The van der Waals surface area contributed by atoms with E-state index in [0.717, 1.165) is 23.4 Å². The van der Waals surface area contributed by atoms with Gasteiger partial charge in [0.2, 0.25) is 0 Å². The summed E-state index contributed by atoms with van der Waals surface area (Å²) in [7, 11) is 0. The number of aryl methyl sites for hydroxylation is 1. The highest BCUT2D eigenvalue weighted by Crippen LogP contribution is 2.35. The molecule has 3 rings (SSSR count). The Hall–Kier alpha value is -1.74. The smallest absolute Gasteiger partial charge is 0.144 e. The maximum Gasteiger partial charge on any atom is 0.144 e. The molecule has 2 aromatic heterocycles. The van der Waals surface area contributed by atoms with Crippen molar-refractivity contribution in [1.29, 1.82) is 5.26 Å². The Morgan fingerprint density at radius 2 is 2.25 bits per heavy atom. The van der Waals surface area contributed by atoms with Crippen LogP contribution < -0.4 is 0 Å². The van der Waals surface area contributed by atoms with E-state index >= 15 is 0 Å². The van der Waals surface area contributed by atoms with Gasteiger partial charge in [0.25, 0.3) is 0 Å². The quantitative estimate of drug-likeness (QED) is 0.745. The minimum Gasteiger partial charge on any atom is -0.192 e. The summed E-state index contributed by atoms with van der Waals surface area (Å²) in [5, 5.41) is 21.2. The first-order valence-electron chi connectivity index (χ1n) is 5.18. The van der Waals surface area contributed by atoms with Gasteiger partial charge in [0.1, 0.15) is 17.4 Å². The molecular weight excluding hydrogens is 222 g/mol. The van der Waals surface area contributed by atoms with Crippen LogP contribution in [0.1, 0.15) is 28.8 Å². The summed E-state index contributed by atoms with van der Waals surface area (Å²) in [6, 6.07) is 2.29.